The Bertz CT molecular complexity index is 411. The van der Waals surface area contributed by atoms with Crippen molar-refractivity contribution < 1.29 is 14.3 Å². The molecule has 0 aromatic heterocycles. The standard InChI is InChI=1S/C16H22O3/c1-2-14(17)19-15(18)13-8-16(13)11-4-9-3-10(6-11)7-12(16)5-9/h9-13H,2-8H2,1H3. The van der Waals surface area contributed by atoms with E-state index in [4.69, 9.17) is 4.74 Å². The third-order valence-corrected chi connectivity index (χ3v) is 6.49. The predicted molar refractivity (Wildman–Crippen MR) is 69.0 cm³/mol. The van der Waals surface area contributed by atoms with Crippen molar-refractivity contribution in [2.75, 3.05) is 0 Å². The number of carbonyl (C=O) groups is 2. The van der Waals surface area contributed by atoms with E-state index in [0.29, 0.717) is 6.42 Å². The van der Waals surface area contributed by atoms with Crippen LogP contribution in [0.3, 0.4) is 0 Å². The van der Waals surface area contributed by atoms with Gasteiger partial charge < -0.3 is 4.74 Å². The van der Waals surface area contributed by atoms with E-state index in [1.807, 2.05) is 0 Å². The first kappa shape index (κ1) is 11.9. The maximum absolute atomic E-state index is 12.1. The first-order valence-corrected chi connectivity index (χ1v) is 7.88. The average Bonchev–Trinajstić information content (AvgIpc) is 3.11. The van der Waals surface area contributed by atoms with Crippen LogP contribution in [0.15, 0.2) is 0 Å². The summed E-state index contributed by atoms with van der Waals surface area (Å²) < 4.78 is 4.98. The minimum absolute atomic E-state index is 0.0398. The molecule has 3 heteroatoms. The van der Waals surface area contributed by atoms with Crippen molar-refractivity contribution in [2.24, 2.45) is 35.0 Å². The molecular weight excluding hydrogens is 240 g/mol. The van der Waals surface area contributed by atoms with E-state index in [2.05, 4.69) is 0 Å². The van der Waals surface area contributed by atoms with Gasteiger partial charge >= 0.3 is 11.9 Å². The predicted octanol–water partition coefficient (Wildman–Crippen LogP) is 2.93. The molecule has 0 aromatic carbocycles. The summed E-state index contributed by atoms with van der Waals surface area (Å²) in [6.07, 6.45) is 8.06. The highest BCUT2D eigenvalue weighted by molar-refractivity contribution is 5.88. The molecule has 5 aliphatic rings. The van der Waals surface area contributed by atoms with Crippen LogP contribution < -0.4 is 0 Å². The normalized spacial score (nSPS) is 49.4. The zero-order valence-corrected chi connectivity index (χ0v) is 11.6. The van der Waals surface area contributed by atoms with Crippen LogP contribution >= 0.6 is 0 Å². The molecule has 0 heterocycles. The van der Waals surface area contributed by atoms with Gasteiger partial charge in [0.2, 0.25) is 0 Å². The molecular formula is C16H22O3. The van der Waals surface area contributed by atoms with E-state index < -0.39 is 0 Å². The molecule has 1 spiro atoms. The van der Waals surface area contributed by atoms with Crippen LogP contribution in [0.4, 0.5) is 0 Å². The number of esters is 2. The van der Waals surface area contributed by atoms with Gasteiger partial charge in [-0.25, -0.2) is 0 Å². The minimum atomic E-state index is -0.365. The Kier molecular flexibility index (Phi) is 2.40. The third-order valence-electron chi connectivity index (χ3n) is 6.49. The van der Waals surface area contributed by atoms with E-state index in [9.17, 15) is 9.59 Å². The molecule has 1 atom stereocenters. The minimum Gasteiger partial charge on any atom is -0.393 e. The number of hydrogen-bond acceptors (Lipinski definition) is 3. The molecule has 5 fully saturated rings. The van der Waals surface area contributed by atoms with E-state index in [1.54, 1.807) is 6.92 Å². The zero-order chi connectivity index (χ0) is 13.2. The van der Waals surface area contributed by atoms with Crippen LogP contribution in [-0.2, 0) is 14.3 Å². The molecule has 1 unspecified atom stereocenters. The maximum Gasteiger partial charge on any atom is 0.317 e. The zero-order valence-electron chi connectivity index (χ0n) is 11.6. The van der Waals surface area contributed by atoms with E-state index in [1.165, 1.54) is 32.1 Å². The van der Waals surface area contributed by atoms with Crippen molar-refractivity contribution in [3.63, 3.8) is 0 Å². The monoisotopic (exact) mass is 262 g/mol. The van der Waals surface area contributed by atoms with Gasteiger partial charge in [-0.3, -0.25) is 9.59 Å². The van der Waals surface area contributed by atoms with Gasteiger partial charge in [-0.15, -0.1) is 0 Å². The Morgan fingerprint density at radius 1 is 1.05 bits per heavy atom. The summed E-state index contributed by atoms with van der Waals surface area (Å²) in [6.45, 7) is 1.74. The van der Waals surface area contributed by atoms with Crippen LogP contribution in [0.5, 0.6) is 0 Å². The smallest absolute Gasteiger partial charge is 0.317 e. The molecule has 19 heavy (non-hydrogen) atoms. The molecule has 0 amide bonds. The van der Waals surface area contributed by atoms with E-state index in [-0.39, 0.29) is 23.3 Å². The molecule has 3 nitrogen and oxygen atoms in total. The molecule has 4 bridgehead atoms. The van der Waals surface area contributed by atoms with Gasteiger partial charge in [0.05, 0.1) is 5.92 Å². The summed E-state index contributed by atoms with van der Waals surface area (Å²) in [6, 6.07) is 0. The second-order valence-electron chi connectivity index (χ2n) is 7.32. The summed E-state index contributed by atoms with van der Waals surface area (Å²) >= 11 is 0. The van der Waals surface area contributed by atoms with E-state index >= 15 is 0 Å². The number of carbonyl (C=O) groups excluding carboxylic acids is 2. The highest BCUT2D eigenvalue weighted by Gasteiger charge is 2.71. The largest absolute Gasteiger partial charge is 0.393 e. The summed E-state index contributed by atoms with van der Waals surface area (Å²) in [5.74, 6) is 2.81. The van der Waals surface area contributed by atoms with Crippen molar-refractivity contribution in [1.82, 2.24) is 0 Å². The quantitative estimate of drug-likeness (QED) is 0.567. The van der Waals surface area contributed by atoms with Gasteiger partial charge in [-0.2, -0.15) is 0 Å². The molecule has 0 aliphatic heterocycles. The van der Waals surface area contributed by atoms with Crippen LogP contribution in [0, 0.1) is 35.0 Å². The highest BCUT2D eigenvalue weighted by atomic mass is 16.6. The molecule has 5 rings (SSSR count). The van der Waals surface area contributed by atoms with Crippen molar-refractivity contribution >= 4 is 11.9 Å². The second kappa shape index (κ2) is 3.83. The molecule has 0 saturated heterocycles. The number of hydrogen-bond donors (Lipinski definition) is 0. The van der Waals surface area contributed by atoms with Gasteiger partial charge in [-0.05, 0) is 67.6 Å². The molecule has 5 saturated carbocycles. The Hall–Kier alpha value is -0.860. The molecule has 104 valence electrons. The first-order chi connectivity index (χ1) is 9.13. The molecule has 0 radical (unpaired) electrons. The van der Waals surface area contributed by atoms with Crippen LogP contribution in [-0.4, -0.2) is 11.9 Å². The molecule has 0 N–H and O–H groups in total. The SMILES string of the molecule is CCC(=O)OC(=O)C1CC12C1CC3CC(C1)CC2C3. The summed E-state index contributed by atoms with van der Waals surface area (Å²) in [5, 5.41) is 0. The van der Waals surface area contributed by atoms with Gasteiger partial charge in [0.15, 0.2) is 0 Å². The van der Waals surface area contributed by atoms with Gasteiger partial charge in [0.25, 0.3) is 0 Å². The van der Waals surface area contributed by atoms with Crippen molar-refractivity contribution in [1.29, 1.82) is 0 Å². The lowest BCUT2D eigenvalue weighted by atomic mass is 9.49. The van der Waals surface area contributed by atoms with Crippen LogP contribution in [0.1, 0.15) is 51.9 Å². The fourth-order valence-electron chi connectivity index (χ4n) is 5.82. The fraction of sp³-hybridized carbons (Fsp3) is 0.875. The lowest BCUT2D eigenvalue weighted by molar-refractivity contribution is -0.163. The highest BCUT2D eigenvalue weighted by Crippen LogP contribution is 2.75. The van der Waals surface area contributed by atoms with Gasteiger partial charge in [0.1, 0.15) is 0 Å². The van der Waals surface area contributed by atoms with Crippen molar-refractivity contribution in [2.45, 2.75) is 51.9 Å². The van der Waals surface area contributed by atoms with Crippen molar-refractivity contribution in [3.05, 3.63) is 0 Å². The maximum atomic E-state index is 12.1. The Labute approximate surface area is 114 Å². The summed E-state index contributed by atoms with van der Waals surface area (Å²) in [5.41, 5.74) is 0.249. The second-order valence-corrected chi connectivity index (χ2v) is 7.32. The van der Waals surface area contributed by atoms with Crippen LogP contribution in [0.25, 0.3) is 0 Å². The lowest BCUT2D eigenvalue weighted by Crippen LogP contribution is -2.47. The first-order valence-electron chi connectivity index (χ1n) is 7.88. The van der Waals surface area contributed by atoms with Crippen molar-refractivity contribution in [3.8, 4) is 0 Å². The Balaban J connectivity index is 1.51. The molecule has 0 aromatic rings. The summed E-state index contributed by atoms with van der Waals surface area (Å²) in [7, 11) is 0. The fourth-order valence-corrected chi connectivity index (χ4v) is 5.82. The molecule has 5 aliphatic carbocycles. The number of rotatable bonds is 2. The Morgan fingerprint density at radius 2 is 1.63 bits per heavy atom. The average molecular weight is 262 g/mol. The topological polar surface area (TPSA) is 43.4 Å². The van der Waals surface area contributed by atoms with Gasteiger partial charge in [0, 0.05) is 6.42 Å². The third kappa shape index (κ3) is 1.56. The Morgan fingerprint density at radius 3 is 2.16 bits per heavy atom. The summed E-state index contributed by atoms with van der Waals surface area (Å²) in [4.78, 5) is 23.4. The van der Waals surface area contributed by atoms with Crippen LogP contribution in [0.2, 0.25) is 0 Å². The lowest BCUT2D eigenvalue weighted by Gasteiger charge is -2.55. The van der Waals surface area contributed by atoms with E-state index in [0.717, 1.165) is 30.1 Å². The van der Waals surface area contributed by atoms with Gasteiger partial charge in [-0.1, -0.05) is 6.92 Å². The number of ether oxygens (including phenoxy) is 1.